The van der Waals surface area contributed by atoms with Crippen molar-refractivity contribution in [2.45, 2.75) is 52.1 Å². The first-order valence-corrected chi connectivity index (χ1v) is 15.1. The molecular formula is C27H31NO4Si. The summed E-state index contributed by atoms with van der Waals surface area (Å²) >= 11 is 0. The molecular weight excluding hydrogens is 430 g/mol. The molecule has 0 spiro atoms. The van der Waals surface area contributed by atoms with Gasteiger partial charge in [0.25, 0.3) is 0 Å². The Morgan fingerprint density at radius 1 is 1.15 bits per heavy atom. The Balaban J connectivity index is 1.46. The largest absolute Gasteiger partial charge is 0.381 e. The molecule has 4 rings (SSSR count). The third-order valence-electron chi connectivity index (χ3n) is 5.71. The van der Waals surface area contributed by atoms with Crippen LogP contribution in [0.5, 0.6) is 0 Å². The third-order valence-corrected chi connectivity index (χ3v) is 6.58. The van der Waals surface area contributed by atoms with Crippen LogP contribution < -0.4 is 0 Å². The van der Waals surface area contributed by atoms with Crippen LogP contribution in [-0.4, -0.2) is 32.2 Å². The Bertz CT molecular complexity index is 1180. The van der Waals surface area contributed by atoms with Gasteiger partial charge in [-0.15, -0.1) is 5.54 Å². The highest BCUT2D eigenvalue weighted by Gasteiger charge is 2.23. The lowest BCUT2D eigenvalue weighted by Crippen LogP contribution is -2.16. The van der Waals surface area contributed by atoms with Crippen molar-refractivity contribution < 1.29 is 18.8 Å². The second-order valence-electron chi connectivity index (χ2n) is 9.70. The minimum Gasteiger partial charge on any atom is -0.381 e. The molecule has 1 saturated heterocycles. The maximum absolute atomic E-state index is 12.9. The van der Waals surface area contributed by atoms with Crippen molar-refractivity contribution in [3.63, 3.8) is 0 Å². The number of aromatic nitrogens is 1. The number of nitrogens with zero attached hydrogens (tertiary/aromatic N) is 1. The Kier molecular flexibility index (Phi) is 7.44. The number of benzene rings is 2. The van der Waals surface area contributed by atoms with Gasteiger partial charge in [0.15, 0.2) is 17.2 Å². The fourth-order valence-electron chi connectivity index (χ4n) is 3.85. The van der Waals surface area contributed by atoms with Crippen molar-refractivity contribution in [3.05, 3.63) is 65.0 Å². The lowest BCUT2D eigenvalue weighted by molar-refractivity contribution is 0.0878. The molecule has 0 bridgehead atoms. The van der Waals surface area contributed by atoms with Gasteiger partial charge in [-0.25, -0.2) is 0 Å². The summed E-state index contributed by atoms with van der Waals surface area (Å²) in [5.41, 5.74) is 5.35. The zero-order valence-electron chi connectivity index (χ0n) is 19.6. The second kappa shape index (κ2) is 10.5. The van der Waals surface area contributed by atoms with E-state index in [2.05, 4.69) is 66.6 Å². The summed E-state index contributed by atoms with van der Waals surface area (Å²) in [4.78, 5) is 12.9. The fraction of sp³-hybridized carbons (Fsp3) is 0.407. The maximum Gasteiger partial charge on any atom is 0.186 e. The van der Waals surface area contributed by atoms with Gasteiger partial charge in [-0.2, -0.15) is 0 Å². The average Bonchev–Trinajstić information content (AvgIpc) is 3.45. The number of rotatable bonds is 8. The van der Waals surface area contributed by atoms with E-state index in [-0.39, 0.29) is 12.4 Å². The molecule has 0 aliphatic carbocycles. The average molecular weight is 462 g/mol. The molecule has 0 radical (unpaired) electrons. The maximum atomic E-state index is 12.9. The quantitative estimate of drug-likeness (QED) is 0.242. The van der Waals surface area contributed by atoms with E-state index < -0.39 is 8.07 Å². The molecule has 3 aromatic rings. The van der Waals surface area contributed by atoms with Gasteiger partial charge >= 0.3 is 0 Å². The zero-order valence-corrected chi connectivity index (χ0v) is 20.6. The molecule has 0 saturated carbocycles. The number of Topliss-reactive ketones (excluding diaryl/α,β-unsaturated/α-hetero) is 1. The highest BCUT2D eigenvalue weighted by Crippen LogP contribution is 2.23. The van der Waals surface area contributed by atoms with Gasteiger partial charge in [-0.05, 0) is 41.2 Å². The molecule has 0 N–H and O–H groups in total. The SMILES string of the molecule is C[Si](C)(C)C#Cc1c(C(=O)CCC2CCOC2)noc1COCc1ccc2ccccc2c1. The molecule has 5 nitrogen and oxygen atoms in total. The van der Waals surface area contributed by atoms with Crippen molar-refractivity contribution >= 4 is 24.6 Å². The predicted octanol–water partition coefficient (Wildman–Crippen LogP) is 5.77. The van der Waals surface area contributed by atoms with E-state index in [4.69, 9.17) is 14.0 Å². The van der Waals surface area contributed by atoms with Crippen molar-refractivity contribution in [1.29, 1.82) is 0 Å². The fourth-order valence-corrected chi connectivity index (χ4v) is 4.35. The van der Waals surface area contributed by atoms with Gasteiger partial charge in [0, 0.05) is 19.6 Å². The number of fused-ring (bicyclic) bond motifs is 1. The Labute approximate surface area is 196 Å². The first-order valence-electron chi connectivity index (χ1n) is 11.6. The monoisotopic (exact) mass is 461 g/mol. The van der Waals surface area contributed by atoms with E-state index in [9.17, 15) is 4.79 Å². The normalized spacial score (nSPS) is 16.0. The number of hydrogen-bond donors (Lipinski definition) is 0. The van der Waals surface area contributed by atoms with E-state index in [1.807, 2.05) is 12.1 Å². The van der Waals surface area contributed by atoms with Crippen LogP contribution >= 0.6 is 0 Å². The Morgan fingerprint density at radius 3 is 2.73 bits per heavy atom. The molecule has 1 aliphatic rings. The van der Waals surface area contributed by atoms with E-state index in [0.29, 0.717) is 36.0 Å². The van der Waals surface area contributed by atoms with Gasteiger partial charge in [-0.3, -0.25) is 4.79 Å². The first kappa shape index (κ1) is 23.4. The van der Waals surface area contributed by atoms with Crippen LogP contribution in [0, 0.1) is 17.4 Å². The van der Waals surface area contributed by atoms with E-state index in [1.54, 1.807) is 0 Å². The number of ketones is 1. The molecule has 1 aromatic heterocycles. The summed E-state index contributed by atoms with van der Waals surface area (Å²) in [6, 6.07) is 14.5. The van der Waals surface area contributed by atoms with Gasteiger partial charge < -0.3 is 14.0 Å². The number of carbonyl (C=O) groups excluding carboxylic acids is 1. The van der Waals surface area contributed by atoms with E-state index in [1.165, 1.54) is 10.8 Å². The van der Waals surface area contributed by atoms with Crippen molar-refractivity contribution in [2.24, 2.45) is 5.92 Å². The number of hydrogen-bond acceptors (Lipinski definition) is 5. The van der Waals surface area contributed by atoms with E-state index in [0.717, 1.165) is 31.6 Å². The van der Waals surface area contributed by atoms with Gasteiger partial charge in [0.05, 0.1) is 6.61 Å². The summed E-state index contributed by atoms with van der Waals surface area (Å²) in [6.45, 7) is 8.70. The van der Waals surface area contributed by atoms with Crippen LogP contribution in [0.25, 0.3) is 10.8 Å². The Hall–Kier alpha value is -2.72. The Morgan fingerprint density at radius 2 is 1.97 bits per heavy atom. The smallest absolute Gasteiger partial charge is 0.186 e. The molecule has 6 heteroatoms. The molecule has 2 heterocycles. The zero-order chi connectivity index (χ0) is 23.3. The van der Waals surface area contributed by atoms with Gasteiger partial charge in [0.2, 0.25) is 0 Å². The van der Waals surface area contributed by atoms with Gasteiger partial charge in [0.1, 0.15) is 20.2 Å². The van der Waals surface area contributed by atoms with Crippen LogP contribution in [0.2, 0.25) is 19.6 Å². The molecule has 1 unspecified atom stereocenters. The van der Waals surface area contributed by atoms with Crippen LogP contribution in [0.4, 0.5) is 0 Å². The number of carbonyl (C=O) groups is 1. The highest BCUT2D eigenvalue weighted by atomic mass is 28.3. The summed E-state index contributed by atoms with van der Waals surface area (Å²) in [5, 5.41) is 6.49. The minimum atomic E-state index is -1.64. The molecule has 172 valence electrons. The minimum absolute atomic E-state index is 0.0219. The molecule has 1 atom stereocenters. The standard InChI is InChI=1S/C27H31NO4Si/c1-33(2,3)15-13-24-26(32-28-27(24)25(29)11-9-20-12-14-30-17-20)19-31-18-21-8-10-22-6-4-5-7-23(22)16-21/h4-8,10,16,20H,9,11-12,14,17-19H2,1-3H3. The lowest BCUT2D eigenvalue weighted by atomic mass is 9.99. The van der Waals surface area contributed by atoms with E-state index >= 15 is 0 Å². The van der Waals surface area contributed by atoms with Gasteiger partial charge in [-0.1, -0.05) is 67.1 Å². The molecule has 33 heavy (non-hydrogen) atoms. The molecule has 1 fully saturated rings. The number of ether oxygens (including phenoxy) is 2. The predicted molar refractivity (Wildman–Crippen MR) is 132 cm³/mol. The van der Waals surface area contributed by atoms with Crippen LogP contribution in [-0.2, 0) is 22.7 Å². The molecule has 2 aromatic carbocycles. The van der Waals surface area contributed by atoms with Crippen molar-refractivity contribution in [2.75, 3.05) is 13.2 Å². The molecule has 1 aliphatic heterocycles. The summed E-state index contributed by atoms with van der Waals surface area (Å²) in [5.74, 6) is 4.16. The van der Waals surface area contributed by atoms with Crippen LogP contribution in [0.1, 0.15) is 46.6 Å². The summed E-state index contributed by atoms with van der Waals surface area (Å²) in [6.07, 6.45) is 2.25. The lowest BCUT2D eigenvalue weighted by Gasteiger charge is -2.06. The van der Waals surface area contributed by atoms with Crippen LogP contribution in [0.15, 0.2) is 47.0 Å². The summed E-state index contributed by atoms with van der Waals surface area (Å²) < 4.78 is 16.9. The topological polar surface area (TPSA) is 61.6 Å². The van der Waals surface area contributed by atoms with Crippen LogP contribution in [0.3, 0.4) is 0 Å². The highest BCUT2D eigenvalue weighted by molar-refractivity contribution is 6.83. The molecule has 0 amide bonds. The van der Waals surface area contributed by atoms with Crippen molar-refractivity contribution in [1.82, 2.24) is 5.16 Å². The summed E-state index contributed by atoms with van der Waals surface area (Å²) in [7, 11) is -1.64. The first-order chi connectivity index (χ1) is 15.9. The second-order valence-corrected chi connectivity index (χ2v) is 14.4. The van der Waals surface area contributed by atoms with Crippen molar-refractivity contribution in [3.8, 4) is 11.5 Å². The third kappa shape index (κ3) is 6.41.